The van der Waals surface area contributed by atoms with Gasteiger partial charge in [0.05, 0.1) is 25.2 Å². The number of carbonyl (C=O) groups is 2. The van der Waals surface area contributed by atoms with Crippen molar-refractivity contribution < 1.29 is 24.5 Å². The van der Waals surface area contributed by atoms with Crippen LogP contribution in [0.4, 0.5) is 0 Å². The van der Waals surface area contributed by atoms with E-state index >= 15 is 0 Å². The summed E-state index contributed by atoms with van der Waals surface area (Å²) in [4.78, 5) is 26.2. The van der Waals surface area contributed by atoms with Gasteiger partial charge in [0, 0.05) is 6.42 Å². The molecule has 372 valence electrons. The van der Waals surface area contributed by atoms with E-state index in [2.05, 4.69) is 50.4 Å². The van der Waals surface area contributed by atoms with E-state index in [4.69, 9.17) is 4.74 Å². The van der Waals surface area contributed by atoms with Gasteiger partial charge in [0.2, 0.25) is 5.91 Å². The molecule has 0 aliphatic carbocycles. The topological polar surface area (TPSA) is 95.9 Å². The molecular formula is C57H109NO5. The van der Waals surface area contributed by atoms with Crippen molar-refractivity contribution in [2.45, 2.75) is 322 Å². The van der Waals surface area contributed by atoms with Crippen LogP contribution in [0.25, 0.3) is 0 Å². The summed E-state index contributed by atoms with van der Waals surface area (Å²) < 4.78 is 5.94. The molecule has 0 fully saturated rings. The van der Waals surface area contributed by atoms with Crippen molar-refractivity contribution in [2.24, 2.45) is 0 Å². The Bertz CT molecular complexity index is 997. The molecule has 3 unspecified atom stereocenters. The zero-order valence-corrected chi connectivity index (χ0v) is 42.5. The van der Waals surface area contributed by atoms with Crippen LogP contribution >= 0.6 is 0 Å². The number of aliphatic hydroxyl groups excluding tert-OH is 2. The highest BCUT2D eigenvalue weighted by Gasteiger charge is 2.24. The zero-order valence-electron chi connectivity index (χ0n) is 42.5. The van der Waals surface area contributed by atoms with Crippen LogP contribution in [0.15, 0.2) is 24.3 Å². The third-order valence-corrected chi connectivity index (χ3v) is 13.0. The molecule has 1 amide bonds. The Morgan fingerprint density at radius 2 is 0.810 bits per heavy atom. The Kier molecular flexibility index (Phi) is 50.0. The lowest BCUT2D eigenvalue weighted by molar-refractivity contribution is -0.151. The number of carbonyl (C=O) groups excluding carboxylic acids is 2. The van der Waals surface area contributed by atoms with E-state index in [0.29, 0.717) is 19.3 Å². The van der Waals surface area contributed by atoms with Crippen LogP contribution < -0.4 is 5.32 Å². The van der Waals surface area contributed by atoms with Gasteiger partial charge in [-0.25, -0.2) is 0 Å². The quantitative estimate of drug-likeness (QED) is 0.0321. The molecule has 0 radical (unpaired) electrons. The minimum Gasteiger partial charge on any atom is -0.462 e. The molecular weight excluding hydrogens is 779 g/mol. The summed E-state index contributed by atoms with van der Waals surface area (Å²) in [6.07, 6.45) is 59.6. The zero-order chi connectivity index (χ0) is 45.9. The van der Waals surface area contributed by atoms with Gasteiger partial charge in [-0.1, -0.05) is 257 Å². The highest BCUT2D eigenvalue weighted by Crippen LogP contribution is 2.19. The van der Waals surface area contributed by atoms with Crippen molar-refractivity contribution in [3.63, 3.8) is 0 Å². The number of nitrogens with one attached hydrogen (secondary N) is 1. The summed E-state index contributed by atoms with van der Waals surface area (Å²) in [5.74, 6) is -0.464. The van der Waals surface area contributed by atoms with Crippen molar-refractivity contribution in [1.82, 2.24) is 5.32 Å². The number of rotatable bonds is 51. The van der Waals surface area contributed by atoms with Gasteiger partial charge in [0.1, 0.15) is 6.10 Å². The van der Waals surface area contributed by atoms with Gasteiger partial charge >= 0.3 is 5.97 Å². The Morgan fingerprint density at radius 1 is 0.460 bits per heavy atom. The number of esters is 1. The molecule has 0 aromatic rings. The minimum atomic E-state index is -0.784. The molecule has 0 aromatic carbocycles. The van der Waals surface area contributed by atoms with Crippen LogP contribution in [0, 0.1) is 0 Å². The number of allylic oxidation sites excluding steroid dienone is 4. The third-order valence-electron chi connectivity index (χ3n) is 13.0. The Labute approximate surface area is 392 Å². The van der Waals surface area contributed by atoms with E-state index in [9.17, 15) is 19.8 Å². The molecule has 3 atom stereocenters. The van der Waals surface area contributed by atoms with Crippen molar-refractivity contribution in [2.75, 3.05) is 6.61 Å². The normalized spacial score (nSPS) is 13.3. The van der Waals surface area contributed by atoms with Gasteiger partial charge < -0.3 is 20.3 Å². The largest absolute Gasteiger partial charge is 0.462 e. The Morgan fingerprint density at radius 3 is 1.24 bits per heavy atom. The van der Waals surface area contributed by atoms with Gasteiger partial charge in [-0.05, 0) is 57.8 Å². The lowest BCUT2D eigenvalue weighted by Gasteiger charge is -2.24. The second kappa shape index (κ2) is 51.3. The molecule has 0 aliphatic heterocycles. The standard InChI is InChI=1S/C57H109NO5/c1-4-7-10-13-16-19-21-23-25-27-28-29-31-33-35-38-41-44-47-50-57(62)63-53(48-45-42-39-36-18-15-12-9-6-3)51-56(61)58-54(52-59)55(60)49-46-43-40-37-34-32-30-26-24-22-20-17-14-11-8-5-2/h16,19,23,25,53-55,59-60H,4-15,17-18,20-22,24,26-52H2,1-3H3,(H,58,61)/b19-16-,25-23-. The number of ether oxygens (including phenoxy) is 1. The van der Waals surface area contributed by atoms with Crippen molar-refractivity contribution >= 4 is 11.9 Å². The Balaban J connectivity index is 4.37. The van der Waals surface area contributed by atoms with E-state index in [-0.39, 0.29) is 24.9 Å². The van der Waals surface area contributed by atoms with Crippen molar-refractivity contribution in [3.8, 4) is 0 Å². The summed E-state index contributed by atoms with van der Waals surface area (Å²) in [5, 5.41) is 23.8. The van der Waals surface area contributed by atoms with Crippen molar-refractivity contribution in [3.05, 3.63) is 24.3 Å². The fourth-order valence-electron chi connectivity index (χ4n) is 8.76. The number of amides is 1. The summed E-state index contributed by atoms with van der Waals surface area (Å²) in [5.41, 5.74) is 0. The second-order valence-electron chi connectivity index (χ2n) is 19.3. The van der Waals surface area contributed by atoms with E-state index in [0.717, 1.165) is 51.4 Å². The van der Waals surface area contributed by atoms with Gasteiger partial charge in [-0.2, -0.15) is 0 Å². The maximum absolute atomic E-state index is 13.2. The van der Waals surface area contributed by atoms with Gasteiger partial charge in [-0.3, -0.25) is 9.59 Å². The van der Waals surface area contributed by atoms with Crippen LogP contribution in [0.2, 0.25) is 0 Å². The summed E-state index contributed by atoms with van der Waals surface area (Å²) in [6, 6.07) is -0.697. The van der Waals surface area contributed by atoms with E-state index in [1.165, 1.54) is 205 Å². The first-order valence-corrected chi connectivity index (χ1v) is 28.1. The second-order valence-corrected chi connectivity index (χ2v) is 19.3. The highest BCUT2D eigenvalue weighted by molar-refractivity contribution is 5.77. The average molecular weight is 889 g/mol. The van der Waals surface area contributed by atoms with Crippen LogP contribution in [-0.2, 0) is 14.3 Å². The summed E-state index contributed by atoms with van der Waals surface area (Å²) in [7, 11) is 0. The smallest absolute Gasteiger partial charge is 0.306 e. The predicted octanol–water partition coefficient (Wildman–Crippen LogP) is 17.1. The minimum absolute atomic E-state index is 0.0812. The molecule has 0 heterocycles. The molecule has 0 aromatic heterocycles. The highest BCUT2D eigenvalue weighted by atomic mass is 16.5. The first-order valence-electron chi connectivity index (χ1n) is 28.1. The van der Waals surface area contributed by atoms with Crippen LogP contribution in [0.1, 0.15) is 303 Å². The molecule has 0 aliphatic rings. The number of aliphatic hydroxyl groups is 2. The van der Waals surface area contributed by atoms with Gasteiger partial charge in [0.25, 0.3) is 0 Å². The molecule has 3 N–H and O–H groups in total. The molecule has 6 nitrogen and oxygen atoms in total. The monoisotopic (exact) mass is 888 g/mol. The molecule has 6 heteroatoms. The van der Waals surface area contributed by atoms with E-state index < -0.39 is 18.2 Å². The van der Waals surface area contributed by atoms with Crippen LogP contribution in [-0.4, -0.2) is 46.9 Å². The number of unbranched alkanes of at least 4 members (excludes halogenated alkanes) is 35. The molecule has 0 saturated heterocycles. The summed E-state index contributed by atoms with van der Waals surface area (Å²) in [6.45, 7) is 6.48. The van der Waals surface area contributed by atoms with Crippen molar-refractivity contribution in [1.29, 1.82) is 0 Å². The first-order chi connectivity index (χ1) is 31.0. The van der Waals surface area contributed by atoms with E-state index in [1.807, 2.05) is 0 Å². The summed E-state index contributed by atoms with van der Waals surface area (Å²) >= 11 is 0. The molecule has 0 spiro atoms. The third kappa shape index (κ3) is 46.7. The lowest BCUT2D eigenvalue weighted by atomic mass is 10.0. The maximum Gasteiger partial charge on any atom is 0.306 e. The first kappa shape index (κ1) is 61.3. The lowest BCUT2D eigenvalue weighted by Crippen LogP contribution is -2.46. The fraction of sp³-hybridized carbons (Fsp3) is 0.895. The van der Waals surface area contributed by atoms with Gasteiger partial charge in [-0.15, -0.1) is 0 Å². The van der Waals surface area contributed by atoms with E-state index in [1.54, 1.807) is 0 Å². The molecule has 0 saturated carbocycles. The molecule has 63 heavy (non-hydrogen) atoms. The maximum atomic E-state index is 13.2. The molecule has 0 rings (SSSR count). The van der Waals surface area contributed by atoms with Crippen LogP contribution in [0.3, 0.4) is 0 Å². The molecule has 0 bridgehead atoms. The fourth-order valence-corrected chi connectivity index (χ4v) is 8.76. The predicted molar refractivity (Wildman–Crippen MR) is 273 cm³/mol. The van der Waals surface area contributed by atoms with Crippen LogP contribution in [0.5, 0.6) is 0 Å². The van der Waals surface area contributed by atoms with Gasteiger partial charge in [0.15, 0.2) is 0 Å². The number of hydrogen-bond acceptors (Lipinski definition) is 5. The Hall–Kier alpha value is -1.66. The average Bonchev–Trinajstić information content (AvgIpc) is 3.28. The number of hydrogen-bond donors (Lipinski definition) is 3. The SMILES string of the molecule is CCCCC/C=C\C/C=C\CCCCCCCCCCCC(=O)OC(CCCCCCCCCCC)CC(=O)NC(CO)C(O)CCCCCCCCCCCCCCCCCC.